The number of ether oxygens (including phenoxy) is 1. The summed E-state index contributed by atoms with van der Waals surface area (Å²) in [5.41, 5.74) is 0. The number of halogens is 1. The van der Waals surface area contributed by atoms with E-state index in [1.54, 1.807) is 0 Å². The van der Waals surface area contributed by atoms with E-state index in [0.717, 1.165) is 44.9 Å². The molecule has 2 unspecified atom stereocenters. The van der Waals surface area contributed by atoms with E-state index < -0.39 is 0 Å². The molecule has 5 heteroatoms. The number of hydrogen-bond acceptors (Lipinski definition) is 3. The molecule has 0 bridgehead atoms. The van der Waals surface area contributed by atoms with E-state index in [-0.39, 0.29) is 29.9 Å². The third kappa shape index (κ3) is 3.46. The van der Waals surface area contributed by atoms with Gasteiger partial charge in [-0.1, -0.05) is 22.4 Å². The van der Waals surface area contributed by atoms with Gasteiger partial charge < -0.3 is 10.1 Å². The summed E-state index contributed by atoms with van der Waals surface area (Å²) < 4.78 is 5.36. The molecule has 0 radical (unpaired) electrons. The Labute approximate surface area is 116 Å². The van der Waals surface area contributed by atoms with Gasteiger partial charge in [-0.3, -0.25) is 4.79 Å². The van der Waals surface area contributed by atoms with Gasteiger partial charge in [0.15, 0.2) is 0 Å². The van der Waals surface area contributed by atoms with Gasteiger partial charge in [0.2, 0.25) is 0 Å². The van der Waals surface area contributed by atoms with Crippen LogP contribution in [0.15, 0.2) is 0 Å². The summed E-state index contributed by atoms with van der Waals surface area (Å²) in [5.74, 6) is 0.138. The Morgan fingerprint density at radius 2 is 1.83 bits per heavy atom. The van der Waals surface area contributed by atoms with Gasteiger partial charge in [0, 0.05) is 12.0 Å². The number of amides is 1. The number of ketones is 1. The fraction of sp³-hybridized carbons (Fsp3) is 0.846. The zero-order valence-corrected chi connectivity index (χ0v) is 12.1. The minimum absolute atomic E-state index is 0.0380. The van der Waals surface area contributed by atoms with Crippen molar-refractivity contribution in [2.24, 2.45) is 5.92 Å². The number of Topliss-reactive ketones (excluding diaryl/α,β-unsaturated/α-hetero) is 1. The van der Waals surface area contributed by atoms with Gasteiger partial charge in [-0.2, -0.15) is 0 Å². The Bertz CT molecular complexity index is 315. The zero-order valence-electron chi connectivity index (χ0n) is 10.5. The first-order chi connectivity index (χ1) is 8.70. The first-order valence-electron chi connectivity index (χ1n) is 6.76. The minimum Gasteiger partial charge on any atom is -0.446 e. The van der Waals surface area contributed by atoms with Crippen molar-refractivity contribution in [1.29, 1.82) is 0 Å². The number of carbonyl (C=O) groups excluding carboxylic acids is 2. The van der Waals surface area contributed by atoms with Gasteiger partial charge in [0.25, 0.3) is 0 Å². The lowest BCUT2D eigenvalue weighted by molar-refractivity contribution is -0.120. The Morgan fingerprint density at radius 3 is 2.50 bits per heavy atom. The molecule has 4 nitrogen and oxygen atoms in total. The molecular formula is C13H20BrNO3. The topological polar surface area (TPSA) is 55.4 Å². The molecule has 0 saturated heterocycles. The van der Waals surface area contributed by atoms with Crippen LogP contribution < -0.4 is 5.32 Å². The number of hydrogen-bond donors (Lipinski definition) is 1. The van der Waals surface area contributed by atoms with E-state index in [4.69, 9.17) is 4.74 Å². The largest absolute Gasteiger partial charge is 0.446 e. The Morgan fingerprint density at radius 1 is 1.11 bits per heavy atom. The van der Waals surface area contributed by atoms with Crippen LogP contribution in [0.4, 0.5) is 4.79 Å². The van der Waals surface area contributed by atoms with Gasteiger partial charge in [0.05, 0.1) is 5.33 Å². The summed E-state index contributed by atoms with van der Waals surface area (Å²) in [4.78, 5) is 23.5. The van der Waals surface area contributed by atoms with Crippen molar-refractivity contribution in [3.63, 3.8) is 0 Å². The molecule has 102 valence electrons. The first-order valence-corrected chi connectivity index (χ1v) is 7.88. The maximum atomic E-state index is 11.8. The number of rotatable bonds is 4. The van der Waals surface area contributed by atoms with Gasteiger partial charge in [-0.05, 0) is 38.5 Å². The molecule has 2 atom stereocenters. The van der Waals surface area contributed by atoms with Crippen molar-refractivity contribution in [3.8, 4) is 0 Å². The molecule has 0 heterocycles. The maximum absolute atomic E-state index is 11.8. The standard InChI is InChI=1S/C13H20BrNO3/c14-8-12(16)10-6-3-7-11(10)15-13(17)18-9-4-1-2-5-9/h9-11H,1-8H2,(H,15,17). The average molecular weight is 318 g/mol. The Hall–Kier alpha value is -0.580. The lowest BCUT2D eigenvalue weighted by Crippen LogP contribution is -2.41. The molecule has 1 amide bonds. The van der Waals surface area contributed by atoms with E-state index in [1.165, 1.54) is 0 Å². The van der Waals surface area contributed by atoms with E-state index in [1.807, 2.05) is 0 Å². The summed E-state index contributed by atoms with van der Waals surface area (Å²) in [7, 11) is 0. The van der Waals surface area contributed by atoms with E-state index in [0.29, 0.717) is 5.33 Å². The molecule has 2 saturated carbocycles. The van der Waals surface area contributed by atoms with Crippen molar-refractivity contribution >= 4 is 27.8 Å². The fourth-order valence-corrected chi connectivity index (χ4v) is 3.38. The second kappa shape index (κ2) is 6.55. The monoisotopic (exact) mass is 317 g/mol. The SMILES string of the molecule is O=C(NC1CCCC1C(=O)CBr)OC1CCCC1. The molecule has 18 heavy (non-hydrogen) atoms. The average Bonchev–Trinajstić information content (AvgIpc) is 2.99. The third-order valence-corrected chi connectivity index (χ3v) is 4.49. The van der Waals surface area contributed by atoms with Crippen molar-refractivity contribution < 1.29 is 14.3 Å². The second-order valence-corrected chi connectivity index (χ2v) is 5.76. The highest BCUT2D eigenvalue weighted by molar-refractivity contribution is 9.09. The van der Waals surface area contributed by atoms with Gasteiger partial charge in [0.1, 0.15) is 11.9 Å². The Kier molecular flexibility index (Phi) is 5.03. The van der Waals surface area contributed by atoms with Crippen LogP contribution in [0, 0.1) is 5.92 Å². The molecule has 2 aliphatic rings. The van der Waals surface area contributed by atoms with Crippen molar-refractivity contribution in [3.05, 3.63) is 0 Å². The summed E-state index contributed by atoms with van der Waals surface area (Å²) >= 11 is 3.20. The predicted molar refractivity (Wildman–Crippen MR) is 71.8 cm³/mol. The predicted octanol–water partition coefficient (Wildman–Crippen LogP) is 2.79. The van der Waals surface area contributed by atoms with Crippen LogP contribution in [-0.4, -0.2) is 29.4 Å². The first kappa shape index (κ1) is 13.8. The summed E-state index contributed by atoms with van der Waals surface area (Å²) in [6, 6.07) is -0.0380. The quantitative estimate of drug-likeness (QED) is 0.811. The van der Waals surface area contributed by atoms with Crippen LogP contribution in [0.5, 0.6) is 0 Å². The number of nitrogens with one attached hydrogen (secondary N) is 1. The molecule has 0 aromatic heterocycles. The number of carbonyl (C=O) groups is 2. The molecule has 2 aliphatic carbocycles. The van der Waals surface area contributed by atoms with Crippen LogP contribution in [0.2, 0.25) is 0 Å². The minimum atomic E-state index is -0.346. The maximum Gasteiger partial charge on any atom is 0.407 e. The molecule has 1 N–H and O–H groups in total. The molecule has 2 rings (SSSR count). The van der Waals surface area contributed by atoms with Gasteiger partial charge in [-0.25, -0.2) is 4.79 Å². The highest BCUT2D eigenvalue weighted by atomic mass is 79.9. The number of alkyl halides is 1. The normalized spacial score (nSPS) is 28.3. The van der Waals surface area contributed by atoms with Crippen LogP contribution in [0.3, 0.4) is 0 Å². The highest BCUT2D eigenvalue weighted by Crippen LogP contribution is 2.27. The lowest BCUT2D eigenvalue weighted by Gasteiger charge is -2.20. The molecule has 0 aromatic rings. The van der Waals surface area contributed by atoms with E-state index in [9.17, 15) is 9.59 Å². The summed E-state index contributed by atoms with van der Waals surface area (Å²) in [5, 5.41) is 3.24. The molecule has 0 aliphatic heterocycles. The Balaban J connectivity index is 1.80. The van der Waals surface area contributed by atoms with Crippen LogP contribution in [-0.2, 0) is 9.53 Å². The van der Waals surface area contributed by atoms with Crippen LogP contribution >= 0.6 is 15.9 Å². The molecular weight excluding hydrogens is 298 g/mol. The van der Waals surface area contributed by atoms with Crippen molar-refractivity contribution in [2.45, 2.75) is 57.1 Å². The van der Waals surface area contributed by atoms with Gasteiger partial charge >= 0.3 is 6.09 Å². The third-order valence-electron chi connectivity index (χ3n) is 3.94. The van der Waals surface area contributed by atoms with Crippen LogP contribution in [0.25, 0.3) is 0 Å². The lowest BCUT2D eigenvalue weighted by atomic mass is 10.00. The second-order valence-electron chi connectivity index (χ2n) is 5.20. The van der Waals surface area contributed by atoms with Crippen molar-refractivity contribution in [1.82, 2.24) is 5.32 Å². The molecule has 0 spiro atoms. The van der Waals surface area contributed by atoms with Crippen molar-refractivity contribution in [2.75, 3.05) is 5.33 Å². The highest BCUT2D eigenvalue weighted by Gasteiger charge is 2.34. The fourth-order valence-electron chi connectivity index (χ4n) is 2.96. The van der Waals surface area contributed by atoms with Gasteiger partial charge in [-0.15, -0.1) is 0 Å². The smallest absolute Gasteiger partial charge is 0.407 e. The summed E-state index contributed by atoms with van der Waals surface area (Å²) in [6.07, 6.45) is 6.72. The van der Waals surface area contributed by atoms with E-state index >= 15 is 0 Å². The molecule has 0 aromatic carbocycles. The zero-order chi connectivity index (χ0) is 13.0. The molecule has 2 fully saturated rings. The van der Waals surface area contributed by atoms with Crippen LogP contribution in [0.1, 0.15) is 44.9 Å². The summed E-state index contributed by atoms with van der Waals surface area (Å²) in [6.45, 7) is 0. The van der Waals surface area contributed by atoms with E-state index in [2.05, 4.69) is 21.2 Å². The number of alkyl carbamates (subject to hydrolysis) is 1.